The predicted octanol–water partition coefficient (Wildman–Crippen LogP) is 21.9. The molecule has 0 aliphatic heterocycles. The molecular formula is C68H122O6. The first-order chi connectivity index (χ1) is 36.5. The second-order valence-corrected chi connectivity index (χ2v) is 21.7. The van der Waals surface area contributed by atoms with Gasteiger partial charge in [0.1, 0.15) is 13.2 Å². The van der Waals surface area contributed by atoms with Gasteiger partial charge in [0.2, 0.25) is 0 Å². The molecule has 0 aromatic rings. The van der Waals surface area contributed by atoms with Crippen LogP contribution in [0.15, 0.2) is 60.8 Å². The molecule has 0 radical (unpaired) electrons. The van der Waals surface area contributed by atoms with E-state index in [0.717, 1.165) is 96.3 Å². The average molecular weight is 1040 g/mol. The van der Waals surface area contributed by atoms with Gasteiger partial charge in [-0.1, -0.05) is 313 Å². The SMILES string of the molecule is CC/C=C\C/C=C\C/C=C\C/C=C\C/C=C\CCCCCCCCCC(=O)OC(COC(=O)CCCCCCCCCC)COC(=O)CCCCCCCCCCCCCCCCCCCCCCCCCCC. The van der Waals surface area contributed by atoms with Crippen LogP contribution in [-0.4, -0.2) is 37.2 Å². The molecule has 0 aliphatic carbocycles. The number of hydrogen-bond acceptors (Lipinski definition) is 6. The van der Waals surface area contributed by atoms with E-state index in [0.29, 0.717) is 19.3 Å². The van der Waals surface area contributed by atoms with E-state index in [1.165, 1.54) is 199 Å². The summed E-state index contributed by atoms with van der Waals surface area (Å²) in [6.07, 6.45) is 79.7. The number of esters is 3. The van der Waals surface area contributed by atoms with E-state index < -0.39 is 6.10 Å². The molecule has 0 aliphatic rings. The van der Waals surface area contributed by atoms with Crippen LogP contribution in [0.25, 0.3) is 0 Å². The monoisotopic (exact) mass is 1030 g/mol. The van der Waals surface area contributed by atoms with Gasteiger partial charge in [0.05, 0.1) is 0 Å². The van der Waals surface area contributed by atoms with Gasteiger partial charge in [0.25, 0.3) is 0 Å². The Balaban J connectivity index is 4.16. The van der Waals surface area contributed by atoms with Gasteiger partial charge in [0.15, 0.2) is 6.10 Å². The highest BCUT2D eigenvalue weighted by atomic mass is 16.6. The highest BCUT2D eigenvalue weighted by molar-refractivity contribution is 5.71. The lowest BCUT2D eigenvalue weighted by Gasteiger charge is -2.18. The molecular weight excluding hydrogens is 913 g/mol. The number of carbonyl (C=O) groups excluding carboxylic acids is 3. The second-order valence-electron chi connectivity index (χ2n) is 21.7. The van der Waals surface area contributed by atoms with Gasteiger partial charge < -0.3 is 14.2 Å². The van der Waals surface area contributed by atoms with E-state index in [2.05, 4.69) is 81.5 Å². The topological polar surface area (TPSA) is 78.9 Å². The van der Waals surface area contributed by atoms with E-state index >= 15 is 0 Å². The van der Waals surface area contributed by atoms with Crippen molar-refractivity contribution in [2.24, 2.45) is 0 Å². The maximum atomic E-state index is 12.9. The first-order valence-electron chi connectivity index (χ1n) is 32.3. The number of allylic oxidation sites excluding steroid dienone is 10. The van der Waals surface area contributed by atoms with Crippen molar-refractivity contribution in [3.63, 3.8) is 0 Å². The van der Waals surface area contributed by atoms with Crippen molar-refractivity contribution in [2.45, 2.75) is 341 Å². The summed E-state index contributed by atoms with van der Waals surface area (Å²) in [5.74, 6) is -0.873. The van der Waals surface area contributed by atoms with E-state index in [-0.39, 0.29) is 31.1 Å². The van der Waals surface area contributed by atoms with Crippen LogP contribution in [0.3, 0.4) is 0 Å². The zero-order valence-electron chi connectivity index (χ0n) is 49.4. The molecule has 0 aromatic heterocycles. The van der Waals surface area contributed by atoms with E-state index in [9.17, 15) is 14.4 Å². The van der Waals surface area contributed by atoms with Crippen molar-refractivity contribution < 1.29 is 28.6 Å². The summed E-state index contributed by atoms with van der Waals surface area (Å²) >= 11 is 0. The summed E-state index contributed by atoms with van der Waals surface area (Å²) in [6, 6.07) is 0. The van der Waals surface area contributed by atoms with Crippen LogP contribution in [0, 0.1) is 0 Å². The van der Waals surface area contributed by atoms with Gasteiger partial charge in [-0.15, -0.1) is 0 Å². The molecule has 1 unspecified atom stereocenters. The first kappa shape index (κ1) is 71.1. The summed E-state index contributed by atoms with van der Waals surface area (Å²) in [7, 11) is 0. The van der Waals surface area contributed by atoms with Crippen molar-refractivity contribution in [1.29, 1.82) is 0 Å². The zero-order valence-corrected chi connectivity index (χ0v) is 49.4. The Morgan fingerprint density at radius 3 is 0.824 bits per heavy atom. The minimum absolute atomic E-state index is 0.0747. The van der Waals surface area contributed by atoms with Crippen molar-refractivity contribution in [3.05, 3.63) is 60.8 Å². The Bertz CT molecular complexity index is 1330. The molecule has 0 heterocycles. The number of rotatable bonds is 59. The van der Waals surface area contributed by atoms with Crippen LogP contribution in [0.5, 0.6) is 0 Å². The van der Waals surface area contributed by atoms with Gasteiger partial charge >= 0.3 is 17.9 Å². The molecule has 6 nitrogen and oxygen atoms in total. The van der Waals surface area contributed by atoms with Gasteiger partial charge in [0, 0.05) is 19.3 Å². The molecule has 0 N–H and O–H groups in total. The fourth-order valence-corrected chi connectivity index (χ4v) is 9.47. The molecule has 0 amide bonds. The molecule has 0 saturated heterocycles. The van der Waals surface area contributed by atoms with Gasteiger partial charge in [-0.3, -0.25) is 14.4 Å². The average Bonchev–Trinajstić information content (AvgIpc) is 3.40. The van der Waals surface area contributed by atoms with Crippen LogP contribution in [0.1, 0.15) is 335 Å². The van der Waals surface area contributed by atoms with E-state index in [1.54, 1.807) is 0 Å². The normalized spacial score (nSPS) is 12.4. The summed E-state index contributed by atoms with van der Waals surface area (Å²) in [5, 5.41) is 0. The number of hydrogen-bond donors (Lipinski definition) is 0. The van der Waals surface area contributed by atoms with Crippen LogP contribution < -0.4 is 0 Å². The van der Waals surface area contributed by atoms with Crippen LogP contribution in [0.4, 0.5) is 0 Å². The molecule has 0 aromatic carbocycles. The third kappa shape index (κ3) is 60.0. The molecule has 6 heteroatoms. The lowest BCUT2D eigenvalue weighted by atomic mass is 10.0. The summed E-state index contributed by atoms with van der Waals surface area (Å²) in [5.41, 5.74) is 0. The predicted molar refractivity (Wildman–Crippen MR) is 321 cm³/mol. The molecule has 0 bridgehead atoms. The smallest absolute Gasteiger partial charge is 0.306 e. The second kappa shape index (κ2) is 62.6. The summed E-state index contributed by atoms with van der Waals surface area (Å²) < 4.78 is 16.9. The number of unbranched alkanes of at least 4 members (excludes halogenated alkanes) is 38. The van der Waals surface area contributed by atoms with Crippen molar-refractivity contribution in [3.8, 4) is 0 Å². The Kier molecular flexibility index (Phi) is 60.2. The van der Waals surface area contributed by atoms with Crippen LogP contribution in [0.2, 0.25) is 0 Å². The molecule has 0 spiro atoms. The highest BCUT2D eigenvalue weighted by Crippen LogP contribution is 2.18. The third-order valence-electron chi connectivity index (χ3n) is 14.3. The molecule has 1 atom stereocenters. The Hall–Kier alpha value is -2.89. The van der Waals surface area contributed by atoms with Crippen molar-refractivity contribution >= 4 is 17.9 Å². The quantitative estimate of drug-likeness (QED) is 0.0261. The maximum absolute atomic E-state index is 12.9. The molecule has 430 valence electrons. The number of carbonyl (C=O) groups is 3. The van der Waals surface area contributed by atoms with Crippen molar-refractivity contribution in [2.75, 3.05) is 13.2 Å². The Labute approximate surface area is 460 Å². The fraction of sp³-hybridized carbons (Fsp3) is 0.809. The molecule has 0 rings (SSSR count). The molecule has 0 fully saturated rings. The Morgan fingerprint density at radius 1 is 0.284 bits per heavy atom. The van der Waals surface area contributed by atoms with Gasteiger partial charge in [-0.25, -0.2) is 0 Å². The van der Waals surface area contributed by atoms with Gasteiger partial charge in [-0.2, -0.15) is 0 Å². The summed E-state index contributed by atoms with van der Waals surface area (Å²) in [6.45, 7) is 6.54. The maximum Gasteiger partial charge on any atom is 0.306 e. The van der Waals surface area contributed by atoms with E-state index in [4.69, 9.17) is 14.2 Å². The first-order valence-corrected chi connectivity index (χ1v) is 32.3. The zero-order chi connectivity index (χ0) is 53.6. The van der Waals surface area contributed by atoms with Crippen molar-refractivity contribution in [1.82, 2.24) is 0 Å². The minimum atomic E-state index is -0.777. The van der Waals surface area contributed by atoms with E-state index in [1.807, 2.05) is 0 Å². The highest BCUT2D eigenvalue weighted by Gasteiger charge is 2.19. The largest absolute Gasteiger partial charge is 0.462 e. The van der Waals surface area contributed by atoms with Gasteiger partial charge in [-0.05, 0) is 64.2 Å². The summed E-state index contributed by atoms with van der Waals surface area (Å²) in [4.78, 5) is 38.1. The lowest BCUT2D eigenvalue weighted by molar-refractivity contribution is -0.167. The number of ether oxygens (including phenoxy) is 3. The Morgan fingerprint density at radius 2 is 0.527 bits per heavy atom. The fourth-order valence-electron chi connectivity index (χ4n) is 9.47. The molecule has 74 heavy (non-hydrogen) atoms. The van der Waals surface area contributed by atoms with Crippen LogP contribution in [-0.2, 0) is 28.6 Å². The minimum Gasteiger partial charge on any atom is -0.462 e. The van der Waals surface area contributed by atoms with Crippen LogP contribution >= 0.6 is 0 Å². The standard InChI is InChI=1S/C68H122O6/c1-4-7-10-13-16-19-21-23-25-27-29-31-33-34-36-37-39-41-43-45-47-49-52-55-58-61-67(70)73-64-65(63-72-66(69)60-57-54-51-18-15-12-9-6-3)74-68(71)62-59-56-53-50-48-46-44-42-40-38-35-32-30-28-26-24-22-20-17-14-11-8-5-2/h8,11,17,20,24,26,30,32,38,40,65H,4-7,9-10,12-16,18-19,21-23,25,27-29,31,33-37,39,41-64H2,1-3H3/b11-8-,20-17-,26-24-,32-30-,40-38-. The molecule has 0 saturated carbocycles. The lowest BCUT2D eigenvalue weighted by Crippen LogP contribution is -2.30. The third-order valence-corrected chi connectivity index (χ3v) is 14.3.